The lowest BCUT2D eigenvalue weighted by Gasteiger charge is -2.33. The van der Waals surface area contributed by atoms with Crippen LogP contribution in [0.5, 0.6) is 5.75 Å². The van der Waals surface area contributed by atoms with Crippen LogP contribution in [0.3, 0.4) is 0 Å². The average Bonchev–Trinajstić information content (AvgIpc) is 3.40. The number of nitrogens with zero attached hydrogens (tertiary/aromatic N) is 2. The molecule has 0 bridgehead atoms. The van der Waals surface area contributed by atoms with Crippen molar-refractivity contribution in [3.63, 3.8) is 0 Å². The number of anilines is 2. The number of aryl methyl sites for hydroxylation is 1. The maximum atomic E-state index is 14.8. The largest absolute Gasteiger partial charge is 0.497 e. The molecule has 1 fully saturated rings. The molecule has 1 saturated heterocycles. The highest BCUT2D eigenvalue weighted by molar-refractivity contribution is 7.82. The van der Waals surface area contributed by atoms with Crippen molar-refractivity contribution in [2.75, 3.05) is 18.6 Å². The summed E-state index contributed by atoms with van der Waals surface area (Å²) < 4.78 is 21.4. The first-order chi connectivity index (χ1) is 19.4. The van der Waals surface area contributed by atoms with Gasteiger partial charge in [-0.05, 0) is 67.9 Å². The van der Waals surface area contributed by atoms with Gasteiger partial charge in [-0.25, -0.2) is 8.51 Å². The first kappa shape index (κ1) is 27.8. The quantitative estimate of drug-likeness (QED) is 0.287. The minimum absolute atomic E-state index is 0.160. The summed E-state index contributed by atoms with van der Waals surface area (Å²) in [6.07, 6.45) is -0.803. The van der Waals surface area contributed by atoms with E-state index in [2.05, 4.69) is 0 Å². The van der Waals surface area contributed by atoms with Gasteiger partial charge in [-0.15, -0.1) is 0 Å². The van der Waals surface area contributed by atoms with Crippen LogP contribution in [0.4, 0.5) is 11.4 Å². The van der Waals surface area contributed by atoms with Gasteiger partial charge in [0.1, 0.15) is 16.7 Å². The van der Waals surface area contributed by atoms with E-state index in [-0.39, 0.29) is 5.91 Å². The van der Waals surface area contributed by atoms with Crippen molar-refractivity contribution in [3.05, 3.63) is 120 Å². The average molecular weight is 555 g/mol. The van der Waals surface area contributed by atoms with Crippen LogP contribution in [0.15, 0.2) is 114 Å². The van der Waals surface area contributed by atoms with E-state index in [0.29, 0.717) is 17.2 Å². The van der Waals surface area contributed by atoms with Crippen molar-refractivity contribution < 1.29 is 18.8 Å². The van der Waals surface area contributed by atoms with Crippen LogP contribution < -0.4 is 9.64 Å². The zero-order chi connectivity index (χ0) is 28.2. The second-order valence-corrected chi connectivity index (χ2v) is 11.6. The maximum Gasteiger partial charge on any atom is 0.237 e. The molecule has 4 aromatic carbocycles. The zero-order valence-corrected chi connectivity index (χ0v) is 23.7. The number of carbonyl (C=O) groups excluding carboxylic acids is 1. The second kappa shape index (κ2) is 12.2. The Labute approximate surface area is 238 Å². The fraction of sp³-hybridized carbons (Fsp3) is 0.242. The summed E-state index contributed by atoms with van der Waals surface area (Å²) >= 11 is 0. The molecule has 5 rings (SSSR count). The zero-order valence-electron chi connectivity index (χ0n) is 22.9. The fourth-order valence-corrected chi connectivity index (χ4v) is 6.87. The van der Waals surface area contributed by atoms with E-state index in [4.69, 9.17) is 4.74 Å². The molecule has 206 valence electrons. The first-order valence-corrected chi connectivity index (χ1v) is 14.5. The minimum Gasteiger partial charge on any atom is -0.497 e. The Bertz CT molecular complexity index is 1400. The number of hydrogen-bond donors (Lipinski definition) is 1. The van der Waals surface area contributed by atoms with Gasteiger partial charge in [-0.1, -0.05) is 66.2 Å². The third kappa shape index (κ3) is 5.59. The molecule has 7 heteroatoms. The summed E-state index contributed by atoms with van der Waals surface area (Å²) in [6, 6.07) is 33.7. The highest BCUT2D eigenvalue weighted by atomic mass is 32.2. The maximum absolute atomic E-state index is 14.8. The predicted molar refractivity (Wildman–Crippen MR) is 159 cm³/mol. The SMILES string of the molecule is COc1ccc([C@@H]2[C@@H](C(=O)N(c3ccccc3)c3ccccc3)[C@@H](C(C)O)CN2[S@](=O)c2ccc(C)cc2)cc1. The summed E-state index contributed by atoms with van der Waals surface area (Å²) in [5.41, 5.74) is 3.37. The number of benzene rings is 4. The molecule has 0 aromatic heterocycles. The van der Waals surface area contributed by atoms with Crippen LogP contribution in [0.25, 0.3) is 0 Å². The van der Waals surface area contributed by atoms with Crippen LogP contribution in [0.1, 0.15) is 24.1 Å². The Morgan fingerprint density at radius 2 is 1.45 bits per heavy atom. The van der Waals surface area contributed by atoms with E-state index in [1.165, 1.54) is 0 Å². The van der Waals surface area contributed by atoms with E-state index in [1.807, 2.05) is 120 Å². The number of rotatable bonds is 8. The molecule has 6 nitrogen and oxygen atoms in total. The normalized spacial score (nSPS) is 20.6. The van der Waals surface area contributed by atoms with Crippen molar-refractivity contribution >= 4 is 28.3 Å². The lowest BCUT2D eigenvalue weighted by Crippen LogP contribution is -2.40. The Morgan fingerprint density at radius 3 is 1.95 bits per heavy atom. The number of carbonyl (C=O) groups is 1. The molecule has 1 amide bonds. The van der Waals surface area contributed by atoms with E-state index >= 15 is 0 Å². The number of ether oxygens (including phenoxy) is 1. The van der Waals surface area contributed by atoms with Crippen LogP contribution in [-0.4, -0.2) is 39.3 Å². The van der Waals surface area contributed by atoms with E-state index in [1.54, 1.807) is 18.9 Å². The van der Waals surface area contributed by atoms with Crippen molar-refractivity contribution in [1.82, 2.24) is 4.31 Å². The van der Waals surface area contributed by atoms with Gasteiger partial charge in [0.2, 0.25) is 5.91 Å². The number of para-hydroxylation sites is 2. The Balaban J connectivity index is 1.65. The van der Waals surface area contributed by atoms with E-state index in [0.717, 1.165) is 22.5 Å². The first-order valence-electron chi connectivity index (χ1n) is 13.4. The van der Waals surface area contributed by atoms with Crippen LogP contribution in [0.2, 0.25) is 0 Å². The topological polar surface area (TPSA) is 70.1 Å². The Hall–Kier alpha value is -3.78. The molecule has 4 aromatic rings. The van der Waals surface area contributed by atoms with Gasteiger partial charge in [0.05, 0.1) is 30.1 Å². The second-order valence-electron chi connectivity index (χ2n) is 10.2. The predicted octanol–water partition coefficient (Wildman–Crippen LogP) is 6.06. The van der Waals surface area contributed by atoms with Gasteiger partial charge in [-0.2, -0.15) is 0 Å². The smallest absolute Gasteiger partial charge is 0.237 e. The Kier molecular flexibility index (Phi) is 8.45. The number of hydrogen-bond acceptors (Lipinski definition) is 4. The van der Waals surface area contributed by atoms with Gasteiger partial charge in [0.15, 0.2) is 0 Å². The molecule has 40 heavy (non-hydrogen) atoms. The molecular formula is C33H34N2O4S. The fourth-order valence-electron chi connectivity index (χ4n) is 5.46. The van der Waals surface area contributed by atoms with Crippen LogP contribution in [0, 0.1) is 18.8 Å². The molecule has 1 heterocycles. The summed E-state index contributed by atoms with van der Waals surface area (Å²) in [4.78, 5) is 17.2. The molecule has 0 radical (unpaired) electrons. The van der Waals surface area contributed by atoms with Crippen molar-refractivity contribution in [1.29, 1.82) is 0 Å². The monoisotopic (exact) mass is 554 g/mol. The number of aliphatic hydroxyl groups is 1. The summed E-state index contributed by atoms with van der Waals surface area (Å²) in [5.74, 6) is -0.599. The van der Waals surface area contributed by atoms with E-state index < -0.39 is 35.0 Å². The minimum atomic E-state index is -1.56. The number of aliphatic hydroxyl groups excluding tert-OH is 1. The molecule has 0 spiro atoms. The molecule has 1 N–H and O–H groups in total. The van der Waals surface area contributed by atoms with Crippen LogP contribution in [-0.2, 0) is 15.8 Å². The summed E-state index contributed by atoms with van der Waals surface area (Å²) in [6.45, 7) is 4.00. The highest BCUT2D eigenvalue weighted by Crippen LogP contribution is 2.47. The van der Waals surface area contributed by atoms with Gasteiger partial charge in [-0.3, -0.25) is 9.69 Å². The third-order valence-electron chi connectivity index (χ3n) is 7.55. The molecule has 1 unspecified atom stereocenters. The van der Waals surface area contributed by atoms with Crippen molar-refractivity contribution in [2.24, 2.45) is 11.8 Å². The van der Waals surface area contributed by atoms with Crippen molar-refractivity contribution in [2.45, 2.75) is 30.9 Å². The molecule has 1 aliphatic heterocycles. The third-order valence-corrected chi connectivity index (χ3v) is 9.03. The molecule has 1 aliphatic rings. The molecule has 0 aliphatic carbocycles. The van der Waals surface area contributed by atoms with Gasteiger partial charge in [0.25, 0.3) is 0 Å². The standard InChI is InChI=1S/C33H34N2O4S/c1-23-14-20-29(21-15-23)40(38)34-22-30(24(2)36)31(32(34)25-16-18-28(39-3)19-17-25)33(37)35(26-10-6-4-7-11-26)27-12-8-5-9-13-27/h4-21,24,30-32,36H,22H2,1-3H3/t24?,30-,31+,32-,40-/m1/s1. The Morgan fingerprint density at radius 1 is 0.900 bits per heavy atom. The number of amides is 1. The molecule has 0 saturated carbocycles. The van der Waals surface area contributed by atoms with Crippen LogP contribution >= 0.6 is 0 Å². The van der Waals surface area contributed by atoms with Gasteiger partial charge < -0.3 is 9.84 Å². The molecule has 5 atom stereocenters. The van der Waals surface area contributed by atoms with Crippen molar-refractivity contribution in [3.8, 4) is 5.75 Å². The lowest BCUT2D eigenvalue weighted by atomic mass is 9.83. The van der Waals surface area contributed by atoms with E-state index in [9.17, 15) is 14.1 Å². The summed E-state index contributed by atoms with van der Waals surface area (Å²) in [5, 5.41) is 11.0. The lowest BCUT2D eigenvalue weighted by molar-refractivity contribution is -0.124. The number of methoxy groups -OCH3 is 1. The highest BCUT2D eigenvalue weighted by Gasteiger charge is 2.51. The van der Waals surface area contributed by atoms with Gasteiger partial charge in [0, 0.05) is 23.8 Å². The van der Waals surface area contributed by atoms with Gasteiger partial charge >= 0.3 is 0 Å². The summed E-state index contributed by atoms with van der Waals surface area (Å²) in [7, 11) is 0.0467. The molecular weight excluding hydrogens is 520 g/mol.